The molecular formula is C48H27N5O. The second kappa shape index (κ2) is 12.2. The van der Waals surface area contributed by atoms with Crippen molar-refractivity contribution in [2.45, 2.75) is 5.41 Å². The second-order valence-electron chi connectivity index (χ2n) is 13.4. The first kappa shape index (κ1) is 31.1. The van der Waals surface area contributed by atoms with Gasteiger partial charge in [-0.1, -0.05) is 115 Å². The lowest BCUT2D eigenvalue weighted by Crippen LogP contribution is -2.32. The molecule has 250 valence electrons. The number of aromatic nitrogens is 3. The summed E-state index contributed by atoms with van der Waals surface area (Å²) < 4.78 is 6.72. The Kier molecular flexibility index (Phi) is 7.05. The molecule has 0 amide bonds. The van der Waals surface area contributed by atoms with Crippen LogP contribution in [0.5, 0.6) is 11.5 Å². The number of rotatable bonds is 4. The minimum atomic E-state index is -0.773. The van der Waals surface area contributed by atoms with E-state index in [-0.39, 0.29) is 0 Å². The van der Waals surface area contributed by atoms with Crippen LogP contribution in [0.2, 0.25) is 0 Å². The fourth-order valence-electron chi connectivity index (χ4n) is 8.08. The van der Waals surface area contributed by atoms with Crippen molar-refractivity contribution in [1.82, 2.24) is 15.0 Å². The molecule has 7 aromatic carbocycles. The molecule has 54 heavy (non-hydrogen) atoms. The predicted octanol–water partition coefficient (Wildman–Crippen LogP) is 10.8. The lowest BCUT2D eigenvalue weighted by molar-refractivity contribution is 0.436. The predicted molar refractivity (Wildman–Crippen MR) is 208 cm³/mol. The fourth-order valence-corrected chi connectivity index (χ4v) is 8.08. The van der Waals surface area contributed by atoms with E-state index in [2.05, 4.69) is 72.8 Å². The van der Waals surface area contributed by atoms with Crippen molar-refractivity contribution in [3.05, 3.63) is 197 Å². The van der Waals surface area contributed by atoms with Crippen LogP contribution in [0.15, 0.2) is 164 Å². The molecule has 0 bridgehead atoms. The summed E-state index contributed by atoms with van der Waals surface area (Å²) >= 11 is 0. The second-order valence-corrected chi connectivity index (χ2v) is 13.4. The molecule has 1 aliphatic heterocycles. The van der Waals surface area contributed by atoms with E-state index in [4.69, 9.17) is 19.7 Å². The zero-order chi connectivity index (χ0) is 36.2. The molecule has 8 aromatic rings. The Morgan fingerprint density at radius 3 is 1.57 bits per heavy atom. The van der Waals surface area contributed by atoms with Gasteiger partial charge in [-0.3, -0.25) is 0 Å². The van der Waals surface area contributed by atoms with Crippen LogP contribution < -0.4 is 4.74 Å². The molecule has 0 N–H and O–H groups in total. The van der Waals surface area contributed by atoms with Gasteiger partial charge in [-0.2, -0.15) is 10.5 Å². The van der Waals surface area contributed by atoms with Gasteiger partial charge in [0.2, 0.25) is 0 Å². The highest BCUT2D eigenvalue weighted by molar-refractivity contribution is 5.91. The van der Waals surface area contributed by atoms with Crippen LogP contribution in [-0.4, -0.2) is 15.0 Å². The summed E-state index contributed by atoms with van der Waals surface area (Å²) in [4.78, 5) is 15.1. The Hall–Kier alpha value is -7.67. The van der Waals surface area contributed by atoms with Crippen molar-refractivity contribution in [3.63, 3.8) is 0 Å². The summed E-state index contributed by atoms with van der Waals surface area (Å²) in [5, 5.41) is 19.6. The number of nitriles is 2. The van der Waals surface area contributed by atoms with E-state index in [9.17, 15) is 10.5 Å². The minimum absolute atomic E-state index is 0.441. The van der Waals surface area contributed by atoms with Crippen LogP contribution >= 0.6 is 0 Å². The summed E-state index contributed by atoms with van der Waals surface area (Å²) in [6, 6.07) is 59.2. The van der Waals surface area contributed by atoms with Gasteiger partial charge < -0.3 is 4.74 Å². The van der Waals surface area contributed by atoms with Gasteiger partial charge in [-0.15, -0.1) is 0 Å². The molecular weight excluding hydrogens is 663 g/mol. The van der Waals surface area contributed by atoms with Gasteiger partial charge in [-0.25, -0.2) is 15.0 Å². The first-order chi connectivity index (χ1) is 26.6. The maximum Gasteiger partial charge on any atom is 0.164 e. The van der Waals surface area contributed by atoms with Gasteiger partial charge in [0, 0.05) is 27.8 Å². The number of ether oxygens (including phenoxy) is 1. The Labute approximate surface area is 311 Å². The zero-order valence-electron chi connectivity index (χ0n) is 28.7. The lowest BCUT2D eigenvalue weighted by Gasteiger charge is -2.39. The van der Waals surface area contributed by atoms with Crippen LogP contribution in [0.3, 0.4) is 0 Å². The van der Waals surface area contributed by atoms with Gasteiger partial charge >= 0.3 is 0 Å². The lowest BCUT2D eigenvalue weighted by atomic mass is 9.65. The molecule has 1 unspecified atom stereocenters. The average Bonchev–Trinajstić information content (AvgIpc) is 3.53. The first-order valence-corrected chi connectivity index (χ1v) is 17.6. The van der Waals surface area contributed by atoms with Gasteiger partial charge in [0.25, 0.3) is 0 Å². The van der Waals surface area contributed by atoms with Crippen molar-refractivity contribution >= 4 is 0 Å². The van der Waals surface area contributed by atoms with Crippen LogP contribution in [0.25, 0.3) is 56.4 Å². The van der Waals surface area contributed by atoms with Crippen molar-refractivity contribution < 1.29 is 4.74 Å². The molecule has 2 aliphatic rings. The maximum atomic E-state index is 9.82. The van der Waals surface area contributed by atoms with E-state index >= 15 is 0 Å². The summed E-state index contributed by atoms with van der Waals surface area (Å²) in [6.45, 7) is 0. The van der Waals surface area contributed by atoms with E-state index in [1.807, 2.05) is 97.1 Å². The van der Waals surface area contributed by atoms with Gasteiger partial charge in [0.15, 0.2) is 17.5 Å². The Bertz CT molecular complexity index is 2800. The minimum Gasteiger partial charge on any atom is -0.457 e. The molecule has 0 fully saturated rings. The number of hydrogen-bond donors (Lipinski definition) is 0. The first-order valence-electron chi connectivity index (χ1n) is 17.6. The third-order valence-electron chi connectivity index (χ3n) is 10.4. The Morgan fingerprint density at radius 2 is 0.907 bits per heavy atom. The van der Waals surface area contributed by atoms with Gasteiger partial charge in [-0.05, 0) is 81.9 Å². The van der Waals surface area contributed by atoms with E-state index in [1.54, 1.807) is 6.07 Å². The summed E-state index contributed by atoms with van der Waals surface area (Å²) in [5.41, 5.74) is 10.9. The molecule has 6 heteroatoms. The molecule has 2 heterocycles. The highest BCUT2D eigenvalue weighted by Gasteiger charge is 2.51. The van der Waals surface area contributed by atoms with E-state index < -0.39 is 5.41 Å². The molecule has 0 saturated heterocycles. The highest BCUT2D eigenvalue weighted by atomic mass is 16.5. The Morgan fingerprint density at radius 1 is 0.389 bits per heavy atom. The summed E-state index contributed by atoms with van der Waals surface area (Å²) in [7, 11) is 0. The van der Waals surface area contributed by atoms with Crippen molar-refractivity contribution in [2.24, 2.45) is 0 Å². The topological polar surface area (TPSA) is 95.5 Å². The number of nitrogens with zero attached hydrogens (tertiary/aromatic N) is 5. The zero-order valence-corrected chi connectivity index (χ0v) is 28.7. The smallest absolute Gasteiger partial charge is 0.164 e. The quantitative estimate of drug-likeness (QED) is 0.182. The number of benzene rings is 7. The molecule has 1 aromatic heterocycles. The molecule has 0 saturated carbocycles. The summed E-state index contributed by atoms with van der Waals surface area (Å²) in [6.07, 6.45) is 0. The van der Waals surface area contributed by atoms with Gasteiger partial charge in [0.1, 0.15) is 11.5 Å². The summed E-state index contributed by atoms with van der Waals surface area (Å²) in [5.74, 6) is 3.25. The van der Waals surface area contributed by atoms with Crippen LogP contribution in [0.4, 0.5) is 0 Å². The van der Waals surface area contributed by atoms with E-state index in [0.717, 1.165) is 72.7 Å². The standard InChI is InChI=1S/C48H27N5O/c49-28-30-23-31(29-50)25-36(24-30)34-19-21-38-37-15-7-8-16-39(37)48(41(38)26-34)40-17-9-10-18-43(40)54-44-22-20-35(27-42(44)48)47-52-45(32-11-3-1-4-12-32)51-46(53-47)33-13-5-2-6-14-33/h1-27H. The van der Waals surface area contributed by atoms with Crippen molar-refractivity contribution in [2.75, 3.05) is 0 Å². The molecule has 1 aliphatic carbocycles. The molecule has 1 atom stereocenters. The molecule has 10 rings (SSSR count). The molecule has 1 spiro atoms. The molecule has 0 radical (unpaired) electrons. The SMILES string of the molecule is N#Cc1cc(C#N)cc(-c2ccc3c(c2)C2(c4ccccc4Oc4ccc(-c5nc(-c6ccccc6)nc(-c6ccccc6)n5)cc42)c2ccccc2-3)c1. The van der Waals surface area contributed by atoms with Crippen LogP contribution in [0.1, 0.15) is 33.4 Å². The van der Waals surface area contributed by atoms with Gasteiger partial charge in [0.05, 0.1) is 28.7 Å². The van der Waals surface area contributed by atoms with Crippen LogP contribution in [-0.2, 0) is 5.41 Å². The van der Waals surface area contributed by atoms with Crippen molar-refractivity contribution in [3.8, 4) is 80.1 Å². The maximum absolute atomic E-state index is 9.82. The highest BCUT2D eigenvalue weighted by Crippen LogP contribution is 2.62. The number of para-hydroxylation sites is 1. The van der Waals surface area contributed by atoms with E-state index in [0.29, 0.717) is 28.6 Å². The van der Waals surface area contributed by atoms with Crippen molar-refractivity contribution in [1.29, 1.82) is 10.5 Å². The third-order valence-corrected chi connectivity index (χ3v) is 10.4. The normalized spacial score (nSPS) is 14.5. The third kappa shape index (κ3) is 4.75. The Balaban J connectivity index is 1.25. The molecule has 6 nitrogen and oxygen atoms in total. The number of hydrogen-bond acceptors (Lipinski definition) is 6. The monoisotopic (exact) mass is 689 g/mol. The fraction of sp³-hybridized carbons (Fsp3) is 0.0208. The average molecular weight is 690 g/mol. The van der Waals surface area contributed by atoms with Crippen LogP contribution in [0, 0.1) is 22.7 Å². The largest absolute Gasteiger partial charge is 0.457 e. The number of fused-ring (bicyclic) bond motifs is 9. The van der Waals surface area contributed by atoms with E-state index in [1.165, 1.54) is 0 Å².